The van der Waals surface area contributed by atoms with Crippen LogP contribution in [-0.2, 0) is 11.2 Å². The lowest BCUT2D eigenvalue weighted by atomic mass is 9.69. The van der Waals surface area contributed by atoms with Crippen LogP contribution in [0, 0.1) is 11.3 Å². The number of carbonyl (C=O) groups is 1. The van der Waals surface area contributed by atoms with Crippen LogP contribution in [0.15, 0.2) is 6.07 Å². The van der Waals surface area contributed by atoms with Crippen molar-refractivity contribution in [2.45, 2.75) is 97.4 Å². The van der Waals surface area contributed by atoms with Crippen molar-refractivity contribution in [2.24, 2.45) is 11.3 Å². The Morgan fingerprint density at radius 1 is 1.16 bits per heavy atom. The number of likely N-dealkylation sites (N-methyl/N-ethyl adjacent to an activating group) is 1. The normalized spacial score (nSPS) is 20.7. The van der Waals surface area contributed by atoms with Crippen LogP contribution in [0.4, 0.5) is 5.82 Å². The summed E-state index contributed by atoms with van der Waals surface area (Å²) < 4.78 is 0. The van der Waals surface area contributed by atoms with Gasteiger partial charge >= 0.3 is 0 Å². The number of likely N-dealkylation sites (tertiary alicyclic amines) is 1. The molecule has 0 N–H and O–H groups in total. The molecule has 2 aliphatic rings. The van der Waals surface area contributed by atoms with Crippen LogP contribution < -0.4 is 4.90 Å². The topological polar surface area (TPSA) is 49.3 Å². The molecular weight excluding hydrogens is 408 g/mol. The van der Waals surface area contributed by atoms with Gasteiger partial charge in [0.15, 0.2) is 0 Å². The summed E-state index contributed by atoms with van der Waals surface area (Å²) in [6.45, 7) is 8.42. The molecule has 3 rings (SSSR count). The van der Waals surface area contributed by atoms with Gasteiger partial charge in [-0.1, -0.05) is 46.5 Å². The number of hydrogen-bond donors (Lipinski definition) is 0. The van der Waals surface area contributed by atoms with Gasteiger partial charge in [-0.05, 0) is 61.5 Å². The molecule has 0 spiro atoms. The third-order valence-electron chi connectivity index (χ3n) is 7.38. The molecule has 0 bridgehead atoms. The molecule has 174 valence electrons. The summed E-state index contributed by atoms with van der Waals surface area (Å²) in [5.41, 5.74) is 1.07. The molecular formula is C25H41ClN4O. The number of rotatable bonds is 8. The van der Waals surface area contributed by atoms with E-state index in [1.54, 1.807) is 0 Å². The standard InChI is InChI=1S/C25H41ClN4O/c1-5-11-20-16-22(28-24(26)27-20)29(4)18-21-14-9-10-15-30(21)23(31)17-25(2,3)19-12-7-6-8-13-19/h16,19,21H,5-15,17-18H2,1-4H3/t21-/m1/s1. The van der Waals surface area contributed by atoms with Gasteiger partial charge in [-0.2, -0.15) is 0 Å². The van der Waals surface area contributed by atoms with Gasteiger partial charge in [-0.3, -0.25) is 4.79 Å². The molecule has 1 aliphatic carbocycles. The third kappa shape index (κ3) is 6.57. The Morgan fingerprint density at radius 2 is 1.87 bits per heavy atom. The summed E-state index contributed by atoms with van der Waals surface area (Å²) in [6, 6.07) is 2.27. The number of halogens is 1. The molecule has 1 amide bonds. The molecule has 2 heterocycles. The van der Waals surface area contributed by atoms with E-state index in [9.17, 15) is 4.79 Å². The van der Waals surface area contributed by atoms with Gasteiger partial charge in [0.25, 0.3) is 0 Å². The Kier molecular flexibility index (Phi) is 8.60. The van der Waals surface area contributed by atoms with Crippen molar-refractivity contribution in [3.63, 3.8) is 0 Å². The second-order valence-electron chi connectivity index (χ2n) is 10.4. The summed E-state index contributed by atoms with van der Waals surface area (Å²) in [5.74, 6) is 1.86. The summed E-state index contributed by atoms with van der Waals surface area (Å²) in [4.78, 5) is 26.5. The fraction of sp³-hybridized carbons (Fsp3) is 0.800. The van der Waals surface area contributed by atoms with Crippen LogP contribution in [0.5, 0.6) is 0 Å². The smallest absolute Gasteiger partial charge is 0.224 e. The average molecular weight is 449 g/mol. The van der Waals surface area contributed by atoms with E-state index in [2.05, 4.69) is 47.6 Å². The number of nitrogens with zero attached hydrogens (tertiary/aromatic N) is 4. The van der Waals surface area contributed by atoms with E-state index >= 15 is 0 Å². The van der Waals surface area contributed by atoms with Crippen molar-refractivity contribution in [3.05, 3.63) is 17.0 Å². The molecule has 0 unspecified atom stereocenters. The van der Waals surface area contributed by atoms with Crippen molar-refractivity contribution >= 4 is 23.3 Å². The van der Waals surface area contributed by atoms with Crippen LogP contribution >= 0.6 is 11.6 Å². The van der Waals surface area contributed by atoms with Gasteiger partial charge in [-0.15, -0.1) is 0 Å². The predicted octanol–water partition coefficient (Wildman–Crippen LogP) is 5.90. The zero-order valence-corrected chi connectivity index (χ0v) is 20.8. The van der Waals surface area contributed by atoms with Crippen molar-refractivity contribution in [1.82, 2.24) is 14.9 Å². The zero-order valence-electron chi connectivity index (χ0n) is 20.0. The minimum Gasteiger partial charge on any atom is -0.357 e. The molecule has 5 nitrogen and oxygen atoms in total. The molecule has 1 saturated carbocycles. The minimum absolute atomic E-state index is 0.0840. The summed E-state index contributed by atoms with van der Waals surface area (Å²) in [7, 11) is 2.05. The lowest BCUT2D eigenvalue weighted by molar-refractivity contribution is -0.137. The summed E-state index contributed by atoms with van der Waals surface area (Å²) >= 11 is 6.18. The largest absolute Gasteiger partial charge is 0.357 e. The molecule has 1 atom stereocenters. The first-order chi connectivity index (χ1) is 14.8. The number of amides is 1. The molecule has 0 aromatic carbocycles. The zero-order chi connectivity index (χ0) is 22.4. The van der Waals surface area contributed by atoms with E-state index in [-0.39, 0.29) is 11.5 Å². The SMILES string of the molecule is CCCc1cc(N(C)C[C@H]2CCCCN2C(=O)CC(C)(C)C2CCCCC2)nc(Cl)n1. The first-order valence-electron chi connectivity index (χ1n) is 12.3. The number of anilines is 1. The van der Waals surface area contributed by atoms with Crippen LogP contribution in [-0.4, -0.2) is 47.0 Å². The van der Waals surface area contributed by atoms with Crippen LogP contribution in [0.2, 0.25) is 5.28 Å². The van der Waals surface area contributed by atoms with Crippen molar-refractivity contribution in [1.29, 1.82) is 0 Å². The highest BCUT2D eigenvalue weighted by molar-refractivity contribution is 6.28. The van der Waals surface area contributed by atoms with E-state index in [4.69, 9.17) is 11.6 Å². The number of hydrogen-bond acceptors (Lipinski definition) is 4. The molecule has 31 heavy (non-hydrogen) atoms. The van der Waals surface area contributed by atoms with E-state index in [1.807, 2.05) is 6.07 Å². The summed E-state index contributed by atoms with van der Waals surface area (Å²) in [6.07, 6.45) is 12.5. The Hall–Kier alpha value is -1.36. The predicted molar refractivity (Wildman–Crippen MR) is 129 cm³/mol. The molecule has 1 saturated heterocycles. The maximum atomic E-state index is 13.4. The number of carbonyl (C=O) groups excluding carboxylic acids is 1. The van der Waals surface area contributed by atoms with Gasteiger partial charge in [0.2, 0.25) is 11.2 Å². The average Bonchev–Trinajstić information content (AvgIpc) is 2.74. The molecule has 6 heteroatoms. The Labute approximate surface area is 194 Å². The van der Waals surface area contributed by atoms with E-state index < -0.39 is 0 Å². The first kappa shape index (κ1) is 24.3. The van der Waals surface area contributed by atoms with Crippen LogP contribution in [0.25, 0.3) is 0 Å². The maximum Gasteiger partial charge on any atom is 0.224 e. The highest BCUT2D eigenvalue weighted by atomic mass is 35.5. The van der Waals surface area contributed by atoms with Gasteiger partial charge in [0.05, 0.1) is 0 Å². The van der Waals surface area contributed by atoms with E-state index in [1.165, 1.54) is 38.5 Å². The minimum atomic E-state index is 0.0840. The third-order valence-corrected chi connectivity index (χ3v) is 7.55. The highest BCUT2D eigenvalue weighted by Crippen LogP contribution is 2.41. The second-order valence-corrected chi connectivity index (χ2v) is 10.7. The lowest BCUT2D eigenvalue weighted by Crippen LogP contribution is -2.50. The fourth-order valence-corrected chi connectivity index (χ4v) is 5.67. The second kappa shape index (κ2) is 11.0. The van der Waals surface area contributed by atoms with E-state index in [0.29, 0.717) is 23.5 Å². The van der Waals surface area contributed by atoms with Crippen LogP contribution in [0.3, 0.4) is 0 Å². The lowest BCUT2D eigenvalue weighted by Gasteiger charge is -2.42. The van der Waals surface area contributed by atoms with E-state index in [0.717, 1.165) is 50.3 Å². The van der Waals surface area contributed by atoms with Crippen LogP contribution in [0.1, 0.15) is 90.7 Å². The van der Waals surface area contributed by atoms with Gasteiger partial charge in [0, 0.05) is 44.4 Å². The van der Waals surface area contributed by atoms with Gasteiger partial charge in [0.1, 0.15) is 5.82 Å². The summed E-state index contributed by atoms with van der Waals surface area (Å²) in [5, 5.41) is 0.304. The fourth-order valence-electron chi connectivity index (χ4n) is 5.48. The van der Waals surface area contributed by atoms with Crippen molar-refractivity contribution in [3.8, 4) is 0 Å². The molecule has 1 aromatic rings. The number of aromatic nitrogens is 2. The Bertz CT molecular complexity index is 732. The Balaban J connectivity index is 1.66. The van der Waals surface area contributed by atoms with Gasteiger partial charge < -0.3 is 9.80 Å². The van der Waals surface area contributed by atoms with Crippen molar-refractivity contribution in [2.75, 3.05) is 25.0 Å². The molecule has 2 fully saturated rings. The quantitative estimate of drug-likeness (QED) is 0.464. The Morgan fingerprint density at radius 3 is 2.58 bits per heavy atom. The maximum absolute atomic E-state index is 13.4. The molecule has 1 aromatic heterocycles. The monoisotopic (exact) mass is 448 g/mol. The molecule has 0 radical (unpaired) electrons. The number of piperidine rings is 1. The molecule has 1 aliphatic heterocycles. The first-order valence-corrected chi connectivity index (χ1v) is 12.7. The highest BCUT2D eigenvalue weighted by Gasteiger charge is 2.36. The van der Waals surface area contributed by atoms with Crippen molar-refractivity contribution < 1.29 is 4.79 Å². The number of aryl methyl sites for hydroxylation is 1. The van der Waals surface area contributed by atoms with Gasteiger partial charge in [-0.25, -0.2) is 9.97 Å².